The summed E-state index contributed by atoms with van der Waals surface area (Å²) in [6.45, 7) is 3.81. The molecule has 1 aliphatic heterocycles. The first-order valence-electron chi connectivity index (χ1n) is 11.5. The van der Waals surface area contributed by atoms with Gasteiger partial charge in [-0.1, -0.05) is 54.6 Å². The first-order chi connectivity index (χ1) is 16.6. The predicted molar refractivity (Wildman–Crippen MR) is 134 cm³/mol. The molecule has 0 saturated carbocycles. The number of aromatic nitrogens is 1. The lowest BCUT2D eigenvalue weighted by Crippen LogP contribution is -2.48. The molecule has 3 aromatic carbocycles. The Kier molecular flexibility index (Phi) is 6.14. The maximum atomic E-state index is 13.7. The number of hydrogen-bond acceptors (Lipinski definition) is 4. The van der Waals surface area contributed by atoms with Crippen molar-refractivity contribution in [3.8, 4) is 11.4 Å². The Bertz CT molecular complexity index is 1370. The second-order valence-electron chi connectivity index (χ2n) is 8.52. The van der Waals surface area contributed by atoms with Gasteiger partial charge < -0.3 is 9.64 Å². The highest BCUT2D eigenvalue weighted by molar-refractivity contribution is 6.06. The van der Waals surface area contributed by atoms with Crippen molar-refractivity contribution in [2.45, 2.75) is 6.54 Å². The lowest BCUT2D eigenvalue weighted by Gasteiger charge is -2.35. The second-order valence-corrected chi connectivity index (χ2v) is 8.52. The van der Waals surface area contributed by atoms with Crippen molar-refractivity contribution in [2.24, 2.45) is 0 Å². The number of pyridine rings is 1. The average Bonchev–Trinajstić information content (AvgIpc) is 2.90. The van der Waals surface area contributed by atoms with Gasteiger partial charge in [0, 0.05) is 55.8 Å². The number of fused-ring (bicyclic) bond motifs is 1. The number of amides is 1. The zero-order valence-corrected chi connectivity index (χ0v) is 19.2. The molecule has 0 bridgehead atoms. The largest absolute Gasteiger partial charge is 0.497 e. The summed E-state index contributed by atoms with van der Waals surface area (Å²) in [5.74, 6) is 0.604. The topological polar surface area (TPSA) is 54.8 Å². The van der Waals surface area contributed by atoms with E-state index in [0.717, 1.165) is 19.6 Å². The number of carbonyl (C=O) groups is 1. The fourth-order valence-electron chi connectivity index (χ4n) is 4.54. The molecular formula is C28H27N3O3. The third-order valence-electron chi connectivity index (χ3n) is 6.40. The average molecular weight is 454 g/mol. The van der Waals surface area contributed by atoms with Gasteiger partial charge in [-0.15, -0.1) is 0 Å². The van der Waals surface area contributed by atoms with Crippen molar-refractivity contribution in [1.29, 1.82) is 0 Å². The molecule has 4 aromatic rings. The summed E-state index contributed by atoms with van der Waals surface area (Å²) >= 11 is 0. The van der Waals surface area contributed by atoms with Crippen molar-refractivity contribution < 1.29 is 9.53 Å². The molecule has 6 nitrogen and oxygen atoms in total. The number of piperazine rings is 1. The molecule has 1 aliphatic rings. The Hall–Kier alpha value is -3.90. The lowest BCUT2D eigenvalue weighted by molar-refractivity contribution is 0.0630. The van der Waals surface area contributed by atoms with Gasteiger partial charge in [0.2, 0.25) is 0 Å². The fourth-order valence-corrected chi connectivity index (χ4v) is 4.54. The van der Waals surface area contributed by atoms with Gasteiger partial charge in [0.15, 0.2) is 0 Å². The number of rotatable bonds is 5. The first-order valence-corrected chi connectivity index (χ1v) is 11.5. The molecule has 0 aliphatic carbocycles. The maximum Gasteiger partial charge on any atom is 0.262 e. The number of nitrogens with zero attached hydrogens (tertiary/aromatic N) is 3. The number of hydrogen-bond donors (Lipinski definition) is 0. The number of benzene rings is 3. The van der Waals surface area contributed by atoms with Crippen LogP contribution in [0.3, 0.4) is 0 Å². The van der Waals surface area contributed by atoms with Crippen molar-refractivity contribution in [1.82, 2.24) is 14.4 Å². The maximum absolute atomic E-state index is 13.7. The van der Waals surface area contributed by atoms with Crippen LogP contribution in [-0.2, 0) is 6.54 Å². The molecule has 34 heavy (non-hydrogen) atoms. The van der Waals surface area contributed by atoms with Crippen molar-refractivity contribution >= 4 is 16.7 Å². The van der Waals surface area contributed by atoms with E-state index in [1.807, 2.05) is 47.4 Å². The molecular weight excluding hydrogens is 426 g/mol. The van der Waals surface area contributed by atoms with Crippen LogP contribution in [0, 0.1) is 0 Å². The van der Waals surface area contributed by atoms with E-state index in [1.165, 1.54) is 5.56 Å². The standard InChI is InChI=1S/C28H27N3O3/c1-34-23-11-7-10-22(18-23)31-20-26(24-12-5-6-13-25(24)28(31)33)27(32)30-16-14-29(15-17-30)19-21-8-3-2-4-9-21/h2-13,18,20H,14-17,19H2,1H3. The molecule has 1 saturated heterocycles. The van der Waals surface area contributed by atoms with Gasteiger partial charge in [0.05, 0.1) is 18.4 Å². The van der Waals surface area contributed by atoms with Crippen molar-refractivity contribution in [2.75, 3.05) is 33.3 Å². The Morgan fingerprint density at radius 2 is 1.56 bits per heavy atom. The van der Waals surface area contributed by atoms with Gasteiger partial charge in [-0.25, -0.2) is 0 Å². The summed E-state index contributed by atoms with van der Waals surface area (Å²) in [4.78, 5) is 31.2. The summed E-state index contributed by atoms with van der Waals surface area (Å²) in [5.41, 5.74) is 2.32. The highest BCUT2D eigenvalue weighted by Crippen LogP contribution is 2.22. The molecule has 0 radical (unpaired) electrons. The van der Waals surface area contributed by atoms with Gasteiger partial charge in [0.25, 0.3) is 11.5 Å². The number of methoxy groups -OCH3 is 1. The second kappa shape index (κ2) is 9.53. The lowest BCUT2D eigenvalue weighted by atomic mass is 10.1. The third kappa shape index (κ3) is 4.32. The van der Waals surface area contributed by atoms with Crippen molar-refractivity contribution in [3.05, 3.63) is 107 Å². The molecule has 0 spiro atoms. The first kappa shape index (κ1) is 21.9. The molecule has 1 aromatic heterocycles. The monoisotopic (exact) mass is 453 g/mol. The summed E-state index contributed by atoms with van der Waals surface area (Å²) in [6.07, 6.45) is 1.68. The Morgan fingerprint density at radius 1 is 0.853 bits per heavy atom. The summed E-state index contributed by atoms with van der Waals surface area (Å²) in [6, 6.07) is 25.0. The van der Waals surface area contributed by atoms with E-state index in [2.05, 4.69) is 29.2 Å². The van der Waals surface area contributed by atoms with Crippen LogP contribution in [-0.4, -0.2) is 53.6 Å². The van der Waals surface area contributed by atoms with E-state index in [4.69, 9.17) is 4.74 Å². The van der Waals surface area contributed by atoms with Crippen LogP contribution in [0.5, 0.6) is 5.75 Å². The molecule has 1 amide bonds. The van der Waals surface area contributed by atoms with Gasteiger partial charge in [-0.3, -0.25) is 19.1 Å². The van der Waals surface area contributed by atoms with Crippen LogP contribution < -0.4 is 10.3 Å². The Balaban J connectivity index is 1.44. The predicted octanol–water partition coefficient (Wildman–Crippen LogP) is 3.96. The van der Waals surface area contributed by atoms with E-state index < -0.39 is 0 Å². The Labute approximate surface area is 198 Å². The van der Waals surface area contributed by atoms with E-state index in [1.54, 1.807) is 30.0 Å². The molecule has 5 rings (SSSR count). The highest BCUT2D eigenvalue weighted by Gasteiger charge is 2.25. The minimum Gasteiger partial charge on any atom is -0.497 e. The smallest absolute Gasteiger partial charge is 0.262 e. The van der Waals surface area contributed by atoms with E-state index >= 15 is 0 Å². The van der Waals surface area contributed by atoms with Gasteiger partial charge in [-0.2, -0.15) is 0 Å². The number of ether oxygens (including phenoxy) is 1. The SMILES string of the molecule is COc1cccc(-n2cc(C(=O)N3CCN(Cc4ccccc4)CC3)c3ccccc3c2=O)c1. The molecule has 0 N–H and O–H groups in total. The minimum absolute atomic E-state index is 0.0489. The molecule has 2 heterocycles. The Morgan fingerprint density at radius 3 is 2.29 bits per heavy atom. The van der Waals surface area contributed by atoms with Crippen molar-refractivity contribution in [3.63, 3.8) is 0 Å². The summed E-state index contributed by atoms with van der Waals surface area (Å²) < 4.78 is 6.88. The molecule has 1 fully saturated rings. The van der Waals surface area contributed by atoms with Crippen LogP contribution >= 0.6 is 0 Å². The van der Waals surface area contributed by atoms with E-state index in [0.29, 0.717) is 40.9 Å². The van der Waals surface area contributed by atoms with Crippen LogP contribution in [0.2, 0.25) is 0 Å². The number of carbonyl (C=O) groups excluding carboxylic acids is 1. The molecule has 172 valence electrons. The zero-order valence-electron chi connectivity index (χ0n) is 19.2. The molecule has 0 unspecified atom stereocenters. The summed E-state index contributed by atoms with van der Waals surface area (Å²) in [5, 5.41) is 1.21. The van der Waals surface area contributed by atoms with Gasteiger partial charge in [0.1, 0.15) is 5.75 Å². The highest BCUT2D eigenvalue weighted by atomic mass is 16.5. The minimum atomic E-state index is -0.159. The van der Waals surface area contributed by atoms with Crippen LogP contribution in [0.25, 0.3) is 16.5 Å². The van der Waals surface area contributed by atoms with Crippen LogP contribution in [0.4, 0.5) is 0 Å². The van der Waals surface area contributed by atoms with Gasteiger partial charge >= 0.3 is 0 Å². The fraction of sp³-hybridized carbons (Fsp3) is 0.214. The van der Waals surface area contributed by atoms with E-state index in [-0.39, 0.29) is 11.5 Å². The van der Waals surface area contributed by atoms with Crippen LogP contribution in [0.15, 0.2) is 89.9 Å². The third-order valence-corrected chi connectivity index (χ3v) is 6.40. The van der Waals surface area contributed by atoms with Gasteiger partial charge in [-0.05, 0) is 23.8 Å². The summed E-state index contributed by atoms with van der Waals surface area (Å²) in [7, 11) is 1.59. The molecule has 0 atom stereocenters. The quantitative estimate of drug-likeness (QED) is 0.459. The zero-order chi connectivity index (χ0) is 23.5. The normalized spacial score (nSPS) is 14.3. The molecule has 6 heteroatoms. The van der Waals surface area contributed by atoms with Crippen LogP contribution in [0.1, 0.15) is 15.9 Å². The van der Waals surface area contributed by atoms with E-state index in [9.17, 15) is 9.59 Å².